The van der Waals surface area contributed by atoms with Gasteiger partial charge in [0.25, 0.3) is 0 Å². The van der Waals surface area contributed by atoms with Crippen LogP contribution in [0.5, 0.6) is 0 Å². The van der Waals surface area contributed by atoms with Crippen LogP contribution < -0.4 is 4.90 Å². The van der Waals surface area contributed by atoms with Crippen molar-refractivity contribution in [3.8, 4) is 5.69 Å². The molecule has 220 valence electrons. The predicted molar refractivity (Wildman–Crippen MR) is 203 cm³/mol. The maximum Gasteiger partial charge on any atom is 0.0640 e. The van der Waals surface area contributed by atoms with E-state index in [1.165, 1.54) is 69.2 Å². The summed E-state index contributed by atoms with van der Waals surface area (Å²) in [4.78, 5) is 2.49. The summed E-state index contributed by atoms with van der Waals surface area (Å²) in [5.74, 6) is 0. The van der Waals surface area contributed by atoms with E-state index in [2.05, 4.69) is 179 Å². The molecule has 0 spiro atoms. The number of thiophene rings is 1. The average molecular weight is 617 g/mol. The summed E-state index contributed by atoms with van der Waals surface area (Å²) < 4.78 is 5.02. The highest BCUT2D eigenvalue weighted by Gasteiger charge is 2.22. The highest BCUT2D eigenvalue weighted by atomic mass is 32.1. The molecule has 10 rings (SSSR count). The fourth-order valence-corrected chi connectivity index (χ4v) is 8.63. The number of benzene rings is 8. The summed E-state index contributed by atoms with van der Waals surface area (Å²) >= 11 is 1.87. The first-order valence-corrected chi connectivity index (χ1v) is 16.8. The van der Waals surface area contributed by atoms with Crippen LogP contribution in [-0.2, 0) is 0 Å². The average Bonchev–Trinajstić information content (AvgIpc) is 3.68. The Kier molecular flexibility index (Phi) is 5.78. The minimum absolute atomic E-state index is 1.14. The first-order chi connectivity index (χ1) is 23.3. The van der Waals surface area contributed by atoms with Crippen molar-refractivity contribution in [3.05, 3.63) is 170 Å². The van der Waals surface area contributed by atoms with Crippen LogP contribution in [0.25, 0.3) is 69.2 Å². The maximum atomic E-state index is 2.49. The normalized spacial score (nSPS) is 11.8. The van der Waals surface area contributed by atoms with Crippen LogP contribution in [0.1, 0.15) is 0 Å². The summed E-state index contributed by atoms with van der Waals surface area (Å²) in [6.07, 6.45) is 0. The topological polar surface area (TPSA) is 8.17 Å². The number of rotatable bonds is 4. The van der Waals surface area contributed by atoms with E-state index in [4.69, 9.17) is 0 Å². The third kappa shape index (κ3) is 4.04. The van der Waals surface area contributed by atoms with Gasteiger partial charge in [-0.15, -0.1) is 11.3 Å². The van der Waals surface area contributed by atoms with Gasteiger partial charge in [-0.2, -0.15) is 0 Å². The van der Waals surface area contributed by atoms with Gasteiger partial charge < -0.3 is 9.47 Å². The van der Waals surface area contributed by atoms with Crippen molar-refractivity contribution >= 4 is 91.9 Å². The molecule has 0 bridgehead atoms. The molecule has 0 aliphatic heterocycles. The Bertz CT molecular complexity index is 2770. The standard InChI is InChI=1S/C44H28N2S/c1-2-13-30-26-32(25-24-29(30)12-1)45(41-22-11-19-38-37-18-7-10-23-43(37)47-44(38)41)42-28-33(27-31-14-3-4-15-34(31)42)46-39-20-8-5-16-35(39)36-17-6-9-21-40(36)46/h1-28H. The molecule has 0 fully saturated rings. The fraction of sp³-hybridized carbons (Fsp3) is 0. The van der Waals surface area contributed by atoms with E-state index in [0.29, 0.717) is 0 Å². The Balaban J connectivity index is 1.33. The summed E-state index contributed by atoms with van der Waals surface area (Å²) in [5.41, 5.74) is 7.03. The lowest BCUT2D eigenvalue weighted by Crippen LogP contribution is -2.11. The molecule has 0 N–H and O–H groups in total. The molecule has 0 saturated heterocycles. The Morgan fingerprint density at radius 2 is 1.02 bits per heavy atom. The van der Waals surface area contributed by atoms with Crippen molar-refractivity contribution in [2.75, 3.05) is 4.90 Å². The molecule has 0 aliphatic carbocycles. The zero-order valence-electron chi connectivity index (χ0n) is 25.5. The van der Waals surface area contributed by atoms with Gasteiger partial charge in [-0.3, -0.25) is 0 Å². The van der Waals surface area contributed by atoms with Crippen LogP contribution in [0.3, 0.4) is 0 Å². The minimum Gasteiger partial charge on any atom is -0.309 e. The lowest BCUT2D eigenvalue weighted by molar-refractivity contribution is 1.18. The molecule has 47 heavy (non-hydrogen) atoms. The van der Waals surface area contributed by atoms with Gasteiger partial charge in [-0.25, -0.2) is 0 Å². The number of para-hydroxylation sites is 2. The van der Waals surface area contributed by atoms with Crippen LogP contribution in [0.4, 0.5) is 17.1 Å². The smallest absolute Gasteiger partial charge is 0.0640 e. The molecule has 0 saturated carbocycles. The molecular weight excluding hydrogens is 589 g/mol. The van der Waals surface area contributed by atoms with Crippen molar-refractivity contribution in [1.82, 2.24) is 4.57 Å². The predicted octanol–water partition coefficient (Wildman–Crippen LogP) is 12.9. The van der Waals surface area contributed by atoms with E-state index in [1.807, 2.05) is 11.3 Å². The Hall–Kier alpha value is -5.90. The summed E-state index contributed by atoms with van der Waals surface area (Å²) in [5, 5.41) is 9.99. The van der Waals surface area contributed by atoms with E-state index < -0.39 is 0 Å². The first kappa shape index (κ1) is 26.3. The maximum absolute atomic E-state index is 2.49. The Labute approximate surface area is 276 Å². The van der Waals surface area contributed by atoms with E-state index in [9.17, 15) is 0 Å². The SMILES string of the molecule is c1ccc2cc(N(c3cc(-n4c5ccccc5c5ccccc54)cc4ccccc34)c3cccc4c3sc3ccccc34)ccc2c1. The second-order valence-corrected chi connectivity index (χ2v) is 13.2. The highest BCUT2D eigenvalue weighted by molar-refractivity contribution is 7.26. The molecule has 0 unspecified atom stereocenters. The Morgan fingerprint density at radius 3 is 1.81 bits per heavy atom. The molecule has 2 aromatic heterocycles. The van der Waals surface area contributed by atoms with Gasteiger partial charge in [0.2, 0.25) is 0 Å². The number of nitrogens with zero attached hydrogens (tertiary/aromatic N) is 2. The molecule has 2 heterocycles. The number of hydrogen-bond acceptors (Lipinski definition) is 2. The number of anilines is 3. The van der Waals surface area contributed by atoms with Crippen molar-refractivity contribution < 1.29 is 0 Å². The van der Waals surface area contributed by atoms with Crippen LogP contribution >= 0.6 is 11.3 Å². The molecule has 10 aromatic rings. The molecule has 3 heteroatoms. The van der Waals surface area contributed by atoms with Gasteiger partial charge in [0.15, 0.2) is 0 Å². The van der Waals surface area contributed by atoms with Crippen molar-refractivity contribution in [2.24, 2.45) is 0 Å². The van der Waals surface area contributed by atoms with Crippen LogP contribution in [0.15, 0.2) is 170 Å². The monoisotopic (exact) mass is 616 g/mol. The fourth-order valence-electron chi connectivity index (χ4n) is 7.42. The van der Waals surface area contributed by atoms with Gasteiger partial charge in [0.05, 0.1) is 27.1 Å². The second-order valence-electron chi connectivity index (χ2n) is 12.2. The van der Waals surface area contributed by atoms with Crippen LogP contribution in [0.2, 0.25) is 0 Å². The van der Waals surface area contributed by atoms with Crippen molar-refractivity contribution in [2.45, 2.75) is 0 Å². The summed E-state index contributed by atoms with van der Waals surface area (Å²) in [6, 6.07) is 62.1. The van der Waals surface area contributed by atoms with Gasteiger partial charge in [0, 0.05) is 43.0 Å². The van der Waals surface area contributed by atoms with Gasteiger partial charge in [0.1, 0.15) is 0 Å². The van der Waals surface area contributed by atoms with Crippen molar-refractivity contribution in [1.29, 1.82) is 0 Å². The molecule has 2 nitrogen and oxygen atoms in total. The number of aromatic nitrogens is 1. The van der Waals surface area contributed by atoms with Crippen LogP contribution in [-0.4, -0.2) is 4.57 Å². The van der Waals surface area contributed by atoms with Gasteiger partial charge >= 0.3 is 0 Å². The summed E-state index contributed by atoms with van der Waals surface area (Å²) in [6.45, 7) is 0. The largest absolute Gasteiger partial charge is 0.309 e. The Morgan fingerprint density at radius 1 is 0.404 bits per heavy atom. The zero-order valence-corrected chi connectivity index (χ0v) is 26.3. The quantitative estimate of drug-likeness (QED) is 0.191. The molecule has 0 aliphatic rings. The van der Waals surface area contributed by atoms with Gasteiger partial charge in [-0.1, -0.05) is 121 Å². The van der Waals surface area contributed by atoms with Crippen LogP contribution in [0, 0.1) is 0 Å². The third-order valence-corrected chi connectivity index (χ3v) is 10.7. The summed E-state index contributed by atoms with van der Waals surface area (Å²) in [7, 11) is 0. The van der Waals surface area contributed by atoms with E-state index in [-0.39, 0.29) is 0 Å². The molecular formula is C44H28N2S. The lowest BCUT2D eigenvalue weighted by Gasteiger charge is -2.28. The lowest BCUT2D eigenvalue weighted by atomic mass is 10.0. The highest BCUT2D eigenvalue weighted by Crippen LogP contribution is 2.47. The first-order valence-electron chi connectivity index (χ1n) is 16.0. The minimum atomic E-state index is 1.14. The van der Waals surface area contributed by atoms with Gasteiger partial charge in [-0.05, 0) is 64.7 Å². The zero-order chi connectivity index (χ0) is 30.9. The van der Waals surface area contributed by atoms with Crippen molar-refractivity contribution in [3.63, 3.8) is 0 Å². The number of hydrogen-bond donors (Lipinski definition) is 0. The molecule has 8 aromatic carbocycles. The number of fused-ring (bicyclic) bond motifs is 8. The second kappa shape index (κ2) is 10.3. The molecule has 0 radical (unpaired) electrons. The molecule has 0 atom stereocenters. The molecule has 0 amide bonds. The van der Waals surface area contributed by atoms with E-state index in [1.54, 1.807) is 0 Å². The van der Waals surface area contributed by atoms with E-state index >= 15 is 0 Å². The third-order valence-electron chi connectivity index (χ3n) is 9.52. The van der Waals surface area contributed by atoms with E-state index in [0.717, 1.165) is 17.1 Å².